The van der Waals surface area contributed by atoms with E-state index in [-0.39, 0.29) is 16.4 Å². The van der Waals surface area contributed by atoms with Crippen molar-refractivity contribution in [2.24, 2.45) is 10.2 Å². The average molecular weight is 468 g/mol. The number of amides is 1. The van der Waals surface area contributed by atoms with Gasteiger partial charge in [-0.2, -0.15) is 10.2 Å². The molecule has 0 unspecified atom stereocenters. The number of carbonyl (C=O) groups excluding carboxylic acids is 2. The fourth-order valence-electron chi connectivity index (χ4n) is 2.70. The number of sulfonamides is 1. The maximum Gasteiger partial charge on any atom is 0.263 e. The largest absolute Gasteiger partial charge is 0.495 e. The highest BCUT2D eigenvalue weighted by atomic mass is 32.2. The van der Waals surface area contributed by atoms with Gasteiger partial charge < -0.3 is 10.1 Å². The van der Waals surface area contributed by atoms with Crippen LogP contribution in [0.3, 0.4) is 0 Å². The lowest BCUT2D eigenvalue weighted by atomic mass is 10.2. The summed E-state index contributed by atoms with van der Waals surface area (Å²) < 4.78 is 32.5. The van der Waals surface area contributed by atoms with E-state index in [2.05, 4.69) is 25.3 Å². The first-order valence-electron chi connectivity index (χ1n) is 9.69. The van der Waals surface area contributed by atoms with Crippen molar-refractivity contribution in [2.75, 3.05) is 17.1 Å². The Balaban J connectivity index is 1.72. The maximum absolute atomic E-state index is 12.6. The number of pyridine rings is 1. The normalized spacial score (nSPS) is 12.2. The van der Waals surface area contributed by atoms with E-state index >= 15 is 0 Å². The van der Waals surface area contributed by atoms with Crippen molar-refractivity contribution in [1.82, 2.24) is 4.98 Å². The van der Waals surface area contributed by atoms with Gasteiger partial charge in [0.15, 0.2) is 5.78 Å². The zero-order chi connectivity index (χ0) is 23.8. The number of aromatic nitrogens is 1. The summed E-state index contributed by atoms with van der Waals surface area (Å²) >= 11 is 0. The molecule has 0 aliphatic carbocycles. The first kappa shape index (κ1) is 23.5. The average Bonchev–Trinajstić information content (AvgIpc) is 2.80. The van der Waals surface area contributed by atoms with E-state index < -0.39 is 27.8 Å². The Morgan fingerprint density at radius 2 is 1.70 bits per heavy atom. The summed E-state index contributed by atoms with van der Waals surface area (Å²) in [6.45, 7) is 1.23. The van der Waals surface area contributed by atoms with Crippen molar-refractivity contribution in [3.8, 4) is 5.75 Å². The molecule has 2 aromatic carbocycles. The maximum atomic E-state index is 12.6. The number of ketones is 1. The Kier molecular flexibility index (Phi) is 7.46. The predicted molar refractivity (Wildman–Crippen MR) is 122 cm³/mol. The molecule has 0 fully saturated rings. The molecule has 0 spiro atoms. The van der Waals surface area contributed by atoms with Crippen LogP contribution in [0, 0.1) is 0 Å². The Morgan fingerprint density at radius 3 is 2.33 bits per heavy atom. The summed E-state index contributed by atoms with van der Waals surface area (Å²) in [5.74, 6) is -0.563. The third kappa shape index (κ3) is 6.20. The number of nitrogens with one attached hydrogen (secondary N) is 2. The molecule has 1 heterocycles. The highest BCUT2D eigenvalue weighted by Gasteiger charge is 2.24. The first-order chi connectivity index (χ1) is 15.8. The Bertz CT molecular complexity index is 1260. The zero-order valence-corrected chi connectivity index (χ0v) is 18.6. The topological polar surface area (TPSA) is 139 Å². The van der Waals surface area contributed by atoms with E-state index in [0.29, 0.717) is 11.4 Å². The van der Waals surface area contributed by atoms with Gasteiger partial charge in [0, 0.05) is 6.20 Å². The van der Waals surface area contributed by atoms with E-state index in [1.807, 2.05) is 0 Å². The molecule has 1 amide bonds. The molecule has 1 atom stereocenters. The number of rotatable bonds is 9. The van der Waals surface area contributed by atoms with Crippen molar-refractivity contribution >= 4 is 38.9 Å². The van der Waals surface area contributed by atoms with Crippen LogP contribution in [0.15, 0.2) is 88.1 Å². The van der Waals surface area contributed by atoms with Crippen LogP contribution < -0.4 is 14.8 Å². The summed E-state index contributed by atoms with van der Waals surface area (Å²) in [5, 5.41) is 10.4. The monoisotopic (exact) mass is 467 g/mol. The van der Waals surface area contributed by atoms with Gasteiger partial charge in [-0.15, -0.1) is 0 Å². The minimum absolute atomic E-state index is 0.0101. The number of hydrogen-bond donors (Lipinski definition) is 2. The molecule has 0 aliphatic heterocycles. The van der Waals surface area contributed by atoms with Gasteiger partial charge in [0.1, 0.15) is 11.6 Å². The number of azo groups is 1. The SMILES string of the molecule is COc1ccccc1NC(=O)[C@@H](N=Nc1ccc(S(=O)(=O)Nc2ccccn2)cc1)C(C)=O. The van der Waals surface area contributed by atoms with Crippen molar-refractivity contribution in [3.05, 3.63) is 72.9 Å². The second kappa shape index (κ2) is 10.5. The molecule has 0 saturated carbocycles. The van der Waals surface area contributed by atoms with Crippen LogP contribution in [-0.2, 0) is 19.6 Å². The zero-order valence-electron chi connectivity index (χ0n) is 17.8. The number of benzene rings is 2. The molecule has 1 aromatic heterocycles. The molecule has 170 valence electrons. The third-order valence-electron chi connectivity index (χ3n) is 4.34. The molecule has 0 saturated heterocycles. The molecule has 3 aromatic rings. The van der Waals surface area contributed by atoms with Crippen LogP contribution in [-0.4, -0.2) is 38.2 Å². The van der Waals surface area contributed by atoms with E-state index in [0.717, 1.165) is 0 Å². The molecule has 10 nitrogen and oxygen atoms in total. The summed E-state index contributed by atoms with van der Waals surface area (Å²) in [7, 11) is -2.38. The number of carbonyl (C=O) groups is 2. The second-order valence-electron chi connectivity index (χ2n) is 6.73. The first-order valence-corrected chi connectivity index (χ1v) is 11.2. The third-order valence-corrected chi connectivity index (χ3v) is 5.71. The lowest BCUT2D eigenvalue weighted by molar-refractivity contribution is -0.126. The fraction of sp³-hybridized carbons (Fsp3) is 0.136. The van der Waals surface area contributed by atoms with Crippen molar-refractivity contribution in [2.45, 2.75) is 17.9 Å². The summed E-state index contributed by atoms with van der Waals surface area (Å²) in [4.78, 5) is 28.5. The van der Waals surface area contributed by atoms with Gasteiger partial charge in [-0.25, -0.2) is 13.4 Å². The van der Waals surface area contributed by atoms with Gasteiger partial charge in [-0.05, 0) is 55.5 Å². The van der Waals surface area contributed by atoms with E-state index in [1.54, 1.807) is 36.4 Å². The van der Waals surface area contributed by atoms with Crippen molar-refractivity contribution in [1.29, 1.82) is 0 Å². The number of methoxy groups -OCH3 is 1. The highest BCUT2D eigenvalue weighted by Crippen LogP contribution is 2.24. The van der Waals surface area contributed by atoms with Crippen LogP contribution in [0.2, 0.25) is 0 Å². The molecule has 33 heavy (non-hydrogen) atoms. The van der Waals surface area contributed by atoms with E-state index in [9.17, 15) is 18.0 Å². The van der Waals surface area contributed by atoms with Gasteiger partial charge in [-0.3, -0.25) is 14.3 Å². The minimum atomic E-state index is -3.84. The molecule has 0 bridgehead atoms. The molecule has 0 radical (unpaired) electrons. The van der Waals surface area contributed by atoms with Gasteiger partial charge in [-0.1, -0.05) is 18.2 Å². The molecule has 3 rings (SSSR count). The number of para-hydroxylation sites is 2. The van der Waals surface area contributed by atoms with Crippen LogP contribution in [0.4, 0.5) is 17.2 Å². The lowest BCUT2D eigenvalue weighted by Crippen LogP contribution is -2.31. The van der Waals surface area contributed by atoms with Crippen LogP contribution in [0.25, 0.3) is 0 Å². The number of nitrogens with zero attached hydrogens (tertiary/aromatic N) is 3. The van der Waals surface area contributed by atoms with Crippen LogP contribution >= 0.6 is 0 Å². The standard InChI is InChI=1S/C22H21N5O5S/c1-15(28)21(22(29)24-18-7-3-4-8-19(18)32-2)26-25-16-10-12-17(13-11-16)33(30,31)27-20-9-5-6-14-23-20/h3-14,21H,1-2H3,(H,23,27)(H,24,29)/t21-/m0/s1. The summed E-state index contributed by atoms with van der Waals surface area (Å²) in [5.41, 5.74) is 0.657. The Hall–Kier alpha value is -4.12. The molecule has 2 N–H and O–H groups in total. The van der Waals surface area contributed by atoms with Gasteiger partial charge in [0.25, 0.3) is 15.9 Å². The molecule has 0 aliphatic rings. The van der Waals surface area contributed by atoms with Crippen molar-refractivity contribution < 1.29 is 22.7 Å². The highest BCUT2D eigenvalue weighted by molar-refractivity contribution is 7.92. The molecular formula is C22H21N5O5S. The molecular weight excluding hydrogens is 446 g/mol. The summed E-state index contributed by atoms with van der Waals surface area (Å²) in [6, 6.07) is 15.7. The fourth-order valence-corrected chi connectivity index (χ4v) is 3.71. The smallest absolute Gasteiger partial charge is 0.263 e. The van der Waals surface area contributed by atoms with Crippen molar-refractivity contribution in [3.63, 3.8) is 0 Å². The van der Waals surface area contributed by atoms with Gasteiger partial charge >= 0.3 is 0 Å². The Labute approximate surface area is 190 Å². The number of Topliss-reactive ketones (excluding diaryl/α,β-unsaturated/α-hetero) is 1. The quantitative estimate of drug-likeness (QED) is 0.364. The number of hydrogen-bond acceptors (Lipinski definition) is 8. The predicted octanol–water partition coefficient (Wildman–Crippen LogP) is 3.57. The van der Waals surface area contributed by atoms with Crippen LogP contribution in [0.5, 0.6) is 5.75 Å². The van der Waals surface area contributed by atoms with Gasteiger partial charge in [0.05, 0.1) is 23.4 Å². The number of ether oxygens (including phenoxy) is 1. The number of anilines is 2. The van der Waals surface area contributed by atoms with Crippen LogP contribution in [0.1, 0.15) is 6.92 Å². The minimum Gasteiger partial charge on any atom is -0.495 e. The lowest BCUT2D eigenvalue weighted by Gasteiger charge is -2.12. The summed E-state index contributed by atoms with van der Waals surface area (Å²) in [6.07, 6.45) is 1.47. The van der Waals surface area contributed by atoms with E-state index in [4.69, 9.17) is 4.74 Å². The second-order valence-corrected chi connectivity index (χ2v) is 8.41. The molecule has 11 heteroatoms. The van der Waals surface area contributed by atoms with Gasteiger partial charge in [0.2, 0.25) is 6.04 Å². The Morgan fingerprint density at radius 1 is 1.00 bits per heavy atom. The van der Waals surface area contributed by atoms with E-state index in [1.165, 1.54) is 50.6 Å².